The van der Waals surface area contributed by atoms with E-state index in [2.05, 4.69) is 0 Å². The normalized spacial score (nSPS) is 14.7. The highest BCUT2D eigenvalue weighted by Crippen LogP contribution is 2.49. The molecular formula is C39H34N2O4S2. The molecule has 0 aliphatic carbocycles. The average Bonchev–Trinajstić information content (AvgIpc) is 3.11. The standard InChI is InChI=1S/C39H34N2O4S2/c42-37-36(30-46-39(33-20-10-3-11-21-33,34-22-12-4-13-23-34)35-24-14-5-15-25-35)38(43)41(29-27-32-18-8-2-9-19-32)47(44,45)40(37)28-26-31-16-6-1-7-17-31/h1-25,30H,26-29H2. The van der Waals surface area contributed by atoms with Crippen LogP contribution in [0.3, 0.4) is 0 Å². The lowest BCUT2D eigenvalue weighted by atomic mass is 9.84. The van der Waals surface area contributed by atoms with Crippen LogP contribution in [0.4, 0.5) is 0 Å². The molecule has 2 amide bonds. The van der Waals surface area contributed by atoms with Gasteiger partial charge in [0.1, 0.15) is 5.57 Å². The van der Waals surface area contributed by atoms with Crippen LogP contribution in [0.5, 0.6) is 0 Å². The van der Waals surface area contributed by atoms with Gasteiger partial charge in [-0.3, -0.25) is 9.59 Å². The number of benzene rings is 5. The minimum Gasteiger partial charge on any atom is -0.268 e. The van der Waals surface area contributed by atoms with E-state index < -0.39 is 26.8 Å². The van der Waals surface area contributed by atoms with Gasteiger partial charge >= 0.3 is 10.2 Å². The summed E-state index contributed by atoms with van der Waals surface area (Å²) in [5.41, 5.74) is 4.44. The lowest BCUT2D eigenvalue weighted by Gasteiger charge is -2.37. The Morgan fingerprint density at radius 3 is 1.17 bits per heavy atom. The van der Waals surface area contributed by atoms with E-state index in [9.17, 15) is 18.0 Å². The topological polar surface area (TPSA) is 74.8 Å². The van der Waals surface area contributed by atoms with Gasteiger partial charge < -0.3 is 0 Å². The summed E-state index contributed by atoms with van der Waals surface area (Å²) >= 11 is 1.32. The van der Waals surface area contributed by atoms with Crippen LogP contribution < -0.4 is 0 Å². The SMILES string of the molecule is O=C1C(=CSC(c2ccccc2)(c2ccccc2)c2ccccc2)C(=O)N(CCc2ccccc2)S(=O)(=O)N1CCc1ccccc1. The molecule has 6 rings (SSSR count). The van der Waals surface area contributed by atoms with Crippen molar-refractivity contribution in [2.75, 3.05) is 13.1 Å². The summed E-state index contributed by atoms with van der Waals surface area (Å²) in [6.45, 7) is -0.187. The monoisotopic (exact) mass is 658 g/mol. The number of amides is 2. The molecule has 0 radical (unpaired) electrons. The second kappa shape index (κ2) is 14.2. The molecule has 0 saturated carbocycles. The van der Waals surface area contributed by atoms with Crippen molar-refractivity contribution in [3.05, 3.63) is 190 Å². The molecule has 1 aliphatic rings. The van der Waals surface area contributed by atoms with Crippen molar-refractivity contribution in [2.45, 2.75) is 17.6 Å². The number of thioether (sulfide) groups is 1. The highest BCUT2D eigenvalue weighted by molar-refractivity contribution is 8.03. The summed E-state index contributed by atoms with van der Waals surface area (Å²) < 4.78 is 28.8. The Bertz CT molecular complexity index is 1780. The van der Waals surface area contributed by atoms with E-state index in [-0.39, 0.29) is 18.7 Å². The second-order valence-corrected chi connectivity index (χ2v) is 14.0. The van der Waals surface area contributed by atoms with Gasteiger partial charge in [0.15, 0.2) is 0 Å². The summed E-state index contributed by atoms with van der Waals surface area (Å²) in [4.78, 5) is 28.3. The zero-order valence-electron chi connectivity index (χ0n) is 25.7. The first-order valence-corrected chi connectivity index (χ1v) is 17.7. The van der Waals surface area contributed by atoms with Gasteiger partial charge in [0.05, 0.1) is 4.75 Å². The third kappa shape index (κ3) is 6.66. The molecule has 0 N–H and O–H groups in total. The molecule has 5 aromatic carbocycles. The number of nitrogens with zero attached hydrogens (tertiary/aromatic N) is 2. The Labute approximate surface area is 280 Å². The van der Waals surface area contributed by atoms with Gasteiger partial charge in [0, 0.05) is 13.1 Å². The minimum absolute atomic E-state index is 0.0937. The maximum atomic E-state index is 14.1. The maximum Gasteiger partial charge on any atom is 0.331 e. The van der Waals surface area contributed by atoms with E-state index in [0.29, 0.717) is 12.8 Å². The van der Waals surface area contributed by atoms with Crippen molar-refractivity contribution >= 4 is 33.8 Å². The summed E-state index contributed by atoms with van der Waals surface area (Å²) in [7, 11) is -4.43. The molecule has 1 aliphatic heterocycles. The summed E-state index contributed by atoms with van der Waals surface area (Å²) in [5.74, 6) is -1.64. The van der Waals surface area contributed by atoms with Gasteiger partial charge in [-0.15, -0.1) is 11.8 Å². The molecule has 1 heterocycles. The molecule has 0 atom stereocenters. The van der Waals surface area contributed by atoms with Crippen LogP contribution in [0.15, 0.2) is 163 Å². The quantitative estimate of drug-likeness (QED) is 0.0869. The first-order valence-electron chi connectivity index (χ1n) is 15.4. The molecule has 0 bridgehead atoms. The largest absolute Gasteiger partial charge is 0.331 e. The smallest absolute Gasteiger partial charge is 0.268 e. The van der Waals surface area contributed by atoms with Crippen LogP contribution in [0, 0.1) is 0 Å². The van der Waals surface area contributed by atoms with Gasteiger partial charge in [0.25, 0.3) is 11.8 Å². The first kappa shape index (κ1) is 32.0. The maximum absolute atomic E-state index is 14.1. The van der Waals surface area contributed by atoms with Crippen molar-refractivity contribution in [1.82, 2.24) is 8.61 Å². The van der Waals surface area contributed by atoms with E-state index in [4.69, 9.17) is 0 Å². The van der Waals surface area contributed by atoms with Crippen LogP contribution in [-0.2, 0) is 37.4 Å². The lowest BCUT2D eigenvalue weighted by Crippen LogP contribution is -2.57. The van der Waals surface area contributed by atoms with Crippen molar-refractivity contribution < 1.29 is 18.0 Å². The van der Waals surface area contributed by atoms with E-state index in [0.717, 1.165) is 36.4 Å². The molecule has 1 saturated heterocycles. The average molecular weight is 659 g/mol. The zero-order chi connectivity index (χ0) is 32.7. The first-order chi connectivity index (χ1) is 22.9. The van der Waals surface area contributed by atoms with Crippen molar-refractivity contribution in [1.29, 1.82) is 0 Å². The molecule has 0 unspecified atom stereocenters. The van der Waals surface area contributed by atoms with Gasteiger partial charge in [-0.25, -0.2) is 8.61 Å². The van der Waals surface area contributed by atoms with Crippen LogP contribution >= 0.6 is 11.8 Å². The molecule has 6 nitrogen and oxygen atoms in total. The Morgan fingerprint density at radius 2 is 0.830 bits per heavy atom. The number of carbonyl (C=O) groups is 2. The molecule has 47 heavy (non-hydrogen) atoms. The van der Waals surface area contributed by atoms with E-state index in [1.54, 1.807) is 5.41 Å². The third-order valence-corrected chi connectivity index (χ3v) is 11.5. The Morgan fingerprint density at radius 1 is 0.511 bits per heavy atom. The highest BCUT2D eigenvalue weighted by Gasteiger charge is 2.47. The number of rotatable bonds is 11. The van der Waals surface area contributed by atoms with Gasteiger partial charge in [-0.1, -0.05) is 152 Å². The predicted molar refractivity (Wildman–Crippen MR) is 188 cm³/mol. The Kier molecular flexibility index (Phi) is 9.71. The second-order valence-electron chi connectivity index (χ2n) is 11.2. The summed E-state index contributed by atoms with van der Waals surface area (Å²) in [5, 5.41) is 1.57. The van der Waals surface area contributed by atoms with E-state index >= 15 is 0 Å². The summed E-state index contributed by atoms with van der Waals surface area (Å²) in [6.07, 6.45) is 0.629. The zero-order valence-corrected chi connectivity index (χ0v) is 27.3. The molecule has 1 fully saturated rings. The number of hydrogen-bond acceptors (Lipinski definition) is 5. The molecule has 8 heteroatoms. The number of hydrogen-bond donors (Lipinski definition) is 0. The Hall–Kier alpha value is -4.92. The number of carbonyl (C=O) groups excluding carboxylic acids is 2. The van der Waals surface area contributed by atoms with Gasteiger partial charge in [-0.05, 0) is 46.1 Å². The molecule has 0 spiro atoms. The van der Waals surface area contributed by atoms with Crippen LogP contribution in [0.1, 0.15) is 27.8 Å². The minimum atomic E-state index is -4.43. The molecular weight excluding hydrogens is 625 g/mol. The van der Waals surface area contributed by atoms with Gasteiger partial charge in [0.2, 0.25) is 0 Å². The molecule has 5 aromatic rings. The van der Waals surface area contributed by atoms with Crippen molar-refractivity contribution in [2.24, 2.45) is 0 Å². The van der Waals surface area contributed by atoms with Crippen molar-refractivity contribution in [3.63, 3.8) is 0 Å². The lowest BCUT2D eigenvalue weighted by molar-refractivity contribution is -0.131. The van der Waals surface area contributed by atoms with E-state index in [1.165, 1.54) is 11.8 Å². The van der Waals surface area contributed by atoms with Crippen LogP contribution in [0.25, 0.3) is 0 Å². The highest BCUT2D eigenvalue weighted by atomic mass is 32.2. The predicted octanol–water partition coefficient (Wildman–Crippen LogP) is 7.00. The Balaban J connectivity index is 1.45. The molecule has 236 valence electrons. The van der Waals surface area contributed by atoms with E-state index in [1.807, 2.05) is 152 Å². The van der Waals surface area contributed by atoms with Crippen LogP contribution in [0.2, 0.25) is 0 Å². The van der Waals surface area contributed by atoms with Crippen LogP contribution in [-0.4, -0.2) is 41.9 Å². The fourth-order valence-electron chi connectivity index (χ4n) is 5.84. The fraction of sp³-hybridized carbons (Fsp3) is 0.128. The van der Waals surface area contributed by atoms with Crippen molar-refractivity contribution in [3.8, 4) is 0 Å². The fourth-order valence-corrected chi connectivity index (χ4v) is 8.65. The third-order valence-electron chi connectivity index (χ3n) is 8.26. The van der Waals surface area contributed by atoms with Gasteiger partial charge in [-0.2, -0.15) is 8.42 Å². The summed E-state index contributed by atoms with van der Waals surface area (Å²) in [6, 6.07) is 48.6. The molecule has 0 aromatic heterocycles.